The lowest BCUT2D eigenvalue weighted by Crippen LogP contribution is -2.37. The van der Waals surface area contributed by atoms with Crippen molar-refractivity contribution in [3.8, 4) is 0 Å². The molecule has 0 aliphatic heterocycles. The van der Waals surface area contributed by atoms with Crippen LogP contribution in [0.15, 0.2) is 17.5 Å². The summed E-state index contributed by atoms with van der Waals surface area (Å²) in [4.78, 5) is 23.5. The van der Waals surface area contributed by atoms with Crippen molar-refractivity contribution in [1.29, 1.82) is 0 Å². The standard InChI is InChI=1S/C12H18N2O2S/c1-9(2)5-6-13-11(15)8-14-12(16)10-4-3-7-17-10/h3-4,7,9H,5-6,8H2,1-2H3,(H,13,15)(H,14,16). The van der Waals surface area contributed by atoms with Crippen molar-refractivity contribution in [1.82, 2.24) is 10.6 Å². The highest BCUT2D eigenvalue weighted by atomic mass is 32.1. The maximum Gasteiger partial charge on any atom is 0.261 e. The van der Waals surface area contributed by atoms with Crippen molar-refractivity contribution in [2.75, 3.05) is 13.1 Å². The maximum absolute atomic E-state index is 11.5. The highest BCUT2D eigenvalue weighted by molar-refractivity contribution is 7.12. The Kier molecular flexibility index (Phi) is 5.69. The van der Waals surface area contributed by atoms with E-state index in [0.717, 1.165) is 6.42 Å². The van der Waals surface area contributed by atoms with Gasteiger partial charge in [0.15, 0.2) is 0 Å². The van der Waals surface area contributed by atoms with Gasteiger partial charge in [0.1, 0.15) is 0 Å². The molecule has 0 aromatic carbocycles. The van der Waals surface area contributed by atoms with Gasteiger partial charge in [-0.1, -0.05) is 19.9 Å². The van der Waals surface area contributed by atoms with Crippen molar-refractivity contribution in [2.24, 2.45) is 5.92 Å². The lowest BCUT2D eigenvalue weighted by molar-refractivity contribution is -0.120. The second-order valence-electron chi connectivity index (χ2n) is 4.19. The molecule has 0 bridgehead atoms. The van der Waals surface area contributed by atoms with Crippen LogP contribution in [0.2, 0.25) is 0 Å². The number of nitrogens with one attached hydrogen (secondary N) is 2. The van der Waals surface area contributed by atoms with E-state index in [2.05, 4.69) is 24.5 Å². The van der Waals surface area contributed by atoms with E-state index < -0.39 is 0 Å². The molecule has 1 aromatic heterocycles. The summed E-state index contributed by atoms with van der Waals surface area (Å²) in [5.41, 5.74) is 0. The first kappa shape index (κ1) is 13.7. The Bertz CT molecular complexity index is 361. The highest BCUT2D eigenvalue weighted by Crippen LogP contribution is 2.07. The molecule has 2 amide bonds. The van der Waals surface area contributed by atoms with Crippen LogP contribution < -0.4 is 10.6 Å². The van der Waals surface area contributed by atoms with Gasteiger partial charge in [0.05, 0.1) is 11.4 Å². The van der Waals surface area contributed by atoms with Crippen molar-refractivity contribution >= 4 is 23.2 Å². The fraction of sp³-hybridized carbons (Fsp3) is 0.500. The summed E-state index contributed by atoms with van der Waals surface area (Å²) >= 11 is 1.36. The molecule has 0 atom stereocenters. The van der Waals surface area contributed by atoms with Crippen LogP contribution in [-0.2, 0) is 4.79 Å². The van der Waals surface area contributed by atoms with Crippen molar-refractivity contribution in [3.63, 3.8) is 0 Å². The van der Waals surface area contributed by atoms with E-state index in [-0.39, 0.29) is 18.4 Å². The zero-order valence-corrected chi connectivity index (χ0v) is 11.0. The van der Waals surface area contributed by atoms with Gasteiger partial charge in [0.2, 0.25) is 5.91 Å². The largest absolute Gasteiger partial charge is 0.355 e. The second kappa shape index (κ2) is 7.06. The Morgan fingerprint density at radius 2 is 2.12 bits per heavy atom. The van der Waals surface area contributed by atoms with Crippen LogP contribution in [0, 0.1) is 5.92 Å². The number of hydrogen-bond acceptors (Lipinski definition) is 3. The lowest BCUT2D eigenvalue weighted by atomic mass is 10.1. The first-order valence-corrected chi connectivity index (χ1v) is 6.56. The van der Waals surface area contributed by atoms with Gasteiger partial charge in [-0.2, -0.15) is 0 Å². The number of hydrogen-bond donors (Lipinski definition) is 2. The zero-order chi connectivity index (χ0) is 12.7. The monoisotopic (exact) mass is 254 g/mol. The molecule has 17 heavy (non-hydrogen) atoms. The topological polar surface area (TPSA) is 58.2 Å². The average molecular weight is 254 g/mol. The summed E-state index contributed by atoms with van der Waals surface area (Å²) in [5.74, 6) is 0.227. The third-order valence-electron chi connectivity index (χ3n) is 2.20. The van der Waals surface area contributed by atoms with Gasteiger partial charge in [0.25, 0.3) is 5.91 Å². The predicted molar refractivity (Wildman–Crippen MR) is 69.1 cm³/mol. The van der Waals surface area contributed by atoms with E-state index in [4.69, 9.17) is 0 Å². The minimum atomic E-state index is -0.195. The van der Waals surface area contributed by atoms with Gasteiger partial charge < -0.3 is 10.6 Å². The second-order valence-corrected chi connectivity index (χ2v) is 5.14. The van der Waals surface area contributed by atoms with E-state index in [1.54, 1.807) is 6.07 Å². The molecule has 0 unspecified atom stereocenters. The van der Waals surface area contributed by atoms with Crippen LogP contribution in [-0.4, -0.2) is 24.9 Å². The summed E-state index contributed by atoms with van der Waals surface area (Å²) in [6.07, 6.45) is 0.949. The molecule has 0 saturated carbocycles. The minimum Gasteiger partial charge on any atom is -0.355 e. The van der Waals surface area contributed by atoms with Crippen LogP contribution in [0.1, 0.15) is 29.9 Å². The minimum absolute atomic E-state index is 0.0365. The SMILES string of the molecule is CC(C)CCNC(=O)CNC(=O)c1cccs1. The predicted octanol–water partition coefficient (Wildman–Crippen LogP) is 1.64. The zero-order valence-electron chi connectivity index (χ0n) is 10.2. The highest BCUT2D eigenvalue weighted by Gasteiger charge is 2.08. The first-order chi connectivity index (χ1) is 8.09. The molecule has 0 aliphatic carbocycles. The molecule has 0 spiro atoms. The van der Waals surface area contributed by atoms with Crippen LogP contribution in [0.5, 0.6) is 0 Å². The molecule has 0 fully saturated rings. The molecule has 2 N–H and O–H groups in total. The van der Waals surface area contributed by atoms with E-state index in [0.29, 0.717) is 17.3 Å². The Labute approximate surface area is 105 Å². The fourth-order valence-corrected chi connectivity index (χ4v) is 1.86. The Morgan fingerprint density at radius 3 is 2.71 bits per heavy atom. The Hall–Kier alpha value is -1.36. The number of thiophene rings is 1. The summed E-state index contributed by atoms with van der Waals surface area (Å²) < 4.78 is 0. The maximum atomic E-state index is 11.5. The van der Waals surface area contributed by atoms with Crippen LogP contribution in [0.4, 0.5) is 0 Å². The van der Waals surface area contributed by atoms with Crippen LogP contribution >= 0.6 is 11.3 Å². The van der Waals surface area contributed by atoms with E-state index in [1.165, 1.54) is 11.3 Å². The molecule has 0 radical (unpaired) electrons. The van der Waals surface area contributed by atoms with E-state index in [9.17, 15) is 9.59 Å². The van der Waals surface area contributed by atoms with Crippen LogP contribution in [0.25, 0.3) is 0 Å². The molecule has 1 aromatic rings. The third-order valence-corrected chi connectivity index (χ3v) is 3.07. The number of amides is 2. The molecular weight excluding hydrogens is 236 g/mol. The number of rotatable bonds is 6. The van der Waals surface area contributed by atoms with Crippen molar-refractivity contribution < 1.29 is 9.59 Å². The van der Waals surface area contributed by atoms with Crippen LogP contribution in [0.3, 0.4) is 0 Å². The Balaban J connectivity index is 2.18. The summed E-state index contributed by atoms with van der Waals surface area (Å²) in [5, 5.41) is 7.18. The molecule has 94 valence electrons. The van der Waals surface area contributed by atoms with E-state index in [1.807, 2.05) is 11.4 Å². The van der Waals surface area contributed by atoms with Gasteiger partial charge in [-0.25, -0.2) is 0 Å². The van der Waals surface area contributed by atoms with Gasteiger partial charge in [-0.15, -0.1) is 11.3 Å². The molecule has 0 aliphatic rings. The number of carbonyl (C=O) groups excluding carboxylic acids is 2. The molecule has 0 saturated heterocycles. The first-order valence-electron chi connectivity index (χ1n) is 5.68. The summed E-state index contributed by atoms with van der Waals surface area (Å²) in [6.45, 7) is 4.90. The molecular formula is C12H18N2O2S. The van der Waals surface area contributed by atoms with Gasteiger partial charge >= 0.3 is 0 Å². The van der Waals surface area contributed by atoms with Gasteiger partial charge in [-0.05, 0) is 23.8 Å². The normalized spacial score (nSPS) is 10.3. The van der Waals surface area contributed by atoms with Crippen molar-refractivity contribution in [3.05, 3.63) is 22.4 Å². The van der Waals surface area contributed by atoms with Gasteiger partial charge in [0, 0.05) is 6.54 Å². The van der Waals surface area contributed by atoms with E-state index >= 15 is 0 Å². The van der Waals surface area contributed by atoms with Gasteiger partial charge in [-0.3, -0.25) is 9.59 Å². The summed E-state index contributed by atoms with van der Waals surface area (Å²) in [7, 11) is 0. The van der Waals surface area contributed by atoms with Crippen molar-refractivity contribution in [2.45, 2.75) is 20.3 Å². The fourth-order valence-electron chi connectivity index (χ4n) is 1.22. The smallest absolute Gasteiger partial charge is 0.261 e. The molecule has 1 rings (SSSR count). The Morgan fingerprint density at radius 1 is 1.35 bits per heavy atom. The third kappa shape index (κ3) is 5.49. The lowest BCUT2D eigenvalue weighted by Gasteiger charge is -2.07. The molecule has 4 nitrogen and oxygen atoms in total. The average Bonchev–Trinajstić information content (AvgIpc) is 2.78. The quantitative estimate of drug-likeness (QED) is 0.811. The molecule has 1 heterocycles. The summed E-state index contributed by atoms with van der Waals surface area (Å²) in [6, 6.07) is 3.54. The number of carbonyl (C=O) groups is 2. The molecule has 5 heteroatoms.